The first kappa shape index (κ1) is 18.9. The molecule has 0 aliphatic rings. The molecule has 0 rings (SSSR count). The van der Waals surface area contributed by atoms with Crippen molar-refractivity contribution in [2.45, 2.75) is 39.5 Å². The first-order chi connectivity index (χ1) is 4.72. The van der Waals surface area contributed by atoms with E-state index in [4.69, 9.17) is 5.11 Å². The zero-order valence-electron chi connectivity index (χ0n) is 8.18. The van der Waals surface area contributed by atoms with E-state index in [-0.39, 0.29) is 58.3 Å². The van der Waals surface area contributed by atoms with Gasteiger partial charge in [0.25, 0.3) is 0 Å². The van der Waals surface area contributed by atoms with Gasteiger partial charge in [0.15, 0.2) is 0 Å². The first-order valence-electron chi connectivity index (χ1n) is 3.95. The molecular weight excluding hydrogens is 546 g/mol. The molecular formula is C8H22Bi2O2. The van der Waals surface area contributed by atoms with Crippen LogP contribution in [0.1, 0.15) is 39.5 Å². The summed E-state index contributed by atoms with van der Waals surface area (Å²) >= 11 is 0. The van der Waals surface area contributed by atoms with E-state index in [1.807, 2.05) is 6.92 Å². The molecule has 0 aromatic heterocycles. The standard InChI is InChI=1S/C8H16O2.2Bi.6H/c1-3-5-6-7(4-2)8(9)10;;;;;;;;/h7H,3-6H2,1-2H3,(H,9,10);;;;;;;;. The molecule has 0 spiro atoms. The van der Waals surface area contributed by atoms with E-state index in [1.165, 1.54) is 0 Å². The van der Waals surface area contributed by atoms with E-state index in [1.54, 1.807) is 0 Å². The molecule has 0 heterocycles. The Balaban J connectivity index is -0.000000405. The molecule has 1 unspecified atom stereocenters. The molecule has 1 atom stereocenters. The van der Waals surface area contributed by atoms with E-state index in [9.17, 15) is 4.79 Å². The molecule has 0 fully saturated rings. The summed E-state index contributed by atoms with van der Waals surface area (Å²) in [7, 11) is 0. The van der Waals surface area contributed by atoms with Crippen LogP contribution in [0.15, 0.2) is 0 Å². The van der Waals surface area contributed by atoms with Crippen LogP contribution in [0.5, 0.6) is 0 Å². The second-order valence-corrected chi connectivity index (χ2v) is 2.59. The normalized spacial score (nSPS) is 10.8. The quantitative estimate of drug-likeness (QED) is 0.472. The van der Waals surface area contributed by atoms with Gasteiger partial charge in [0.2, 0.25) is 0 Å². The number of carbonyl (C=O) groups is 1. The zero-order valence-corrected chi connectivity index (χ0v) is 19.2. The monoisotopic (exact) mass is 568 g/mol. The van der Waals surface area contributed by atoms with Gasteiger partial charge in [0, 0.05) is 0 Å². The van der Waals surface area contributed by atoms with E-state index in [0.717, 1.165) is 25.7 Å². The number of hydrogen-bond donors (Lipinski definition) is 1. The second-order valence-electron chi connectivity index (χ2n) is 2.59. The summed E-state index contributed by atoms with van der Waals surface area (Å²) in [5.74, 6) is -0.754. The van der Waals surface area contributed by atoms with Gasteiger partial charge in [-0.3, -0.25) is 4.79 Å². The van der Waals surface area contributed by atoms with Crippen LogP contribution in [0.25, 0.3) is 0 Å². The molecule has 0 radical (unpaired) electrons. The van der Waals surface area contributed by atoms with E-state index in [0.29, 0.717) is 0 Å². The Bertz CT molecular complexity index is 107. The fraction of sp³-hybridized carbons (Fsp3) is 0.875. The summed E-state index contributed by atoms with van der Waals surface area (Å²) < 4.78 is 0. The van der Waals surface area contributed by atoms with Crippen molar-refractivity contribution in [1.82, 2.24) is 0 Å². The number of carboxylic acids is 1. The van der Waals surface area contributed by atoms with Crippen LogP contribution in [-0.4, -0.2) is 63.5 Å². The molecule has 0 aromatic rings. The van der Waals surface area contributed by atoms with E-state index < -0.39 is 5.97 Å². The van der Waals surface area contributed by atoms with Crippen molar-refractivity contribution in [2.75, 3.05) is 0 Å². The molecule has 0 amide bonds. The Morgan fingerprint density at radius 2 is 1.83 bits per heavy atom. The Labute approximate surface area is 113 Å². The molecule has 0 saturated heterocycles. The summed E-state index contributed by atoms with van der Waals surface area (Å²) in [5, 5.41) is 8.60. The molecule has 0 saturated carbocycles. The average molecular weight is 568 g/mol. The fourth-order valence-corrected chi connectivity index (χ4v) is 0.953. The first-order valence-corrected chi connectivity index (χ1v) is 3.95. The molecule has 0 aliphatic carbocycles. The van der Waals surface area contributed by atoms with Gasteiger partial charge in [-0.15, -0.1) is 0 Å². The topological polar surface area (TPSA) is 37.3 Å². The van der Waals surface area contributed by atoms with Crippen LogP contribution < -0.4 is 0 Å². The fourth-order valence-electron chi connectivity index (χ4n) is 0.953. The van der Waals surface area contributed by atoms with Gasteiger partial charge in [0.1, 0.15) is 0 Å². The number of aliphatic carboxylic acids is 1. The number of hydrogen-bond acceptors (Lipinski definition) is 1. The van der Waals surface area contributed by atoms with Gasteiger partial charge in [-0.1, -0.05) is 26.7 Å². The summed E-state index contributed by atoms with van der Waals surface area (Å²) in [6, 6.07) is 0. The van der Waals surface area contributed by atoms with Crippen molar-refractivity contribution in [3.63, 3.8) is 0 Å². The molecule has 0 bridgehead atoms. The van der Waals surface area contributed by atoms with Gasteiger partial charge in [-0.05, 0) is 12.8 Å². The zero-order chi connectivity index (χ0) is 7.98. The molecule has 0 aliphatic heterocycles. The van der Waals surface area contributed by atoms with E-state index >= 15 is 0 Å². The summed E-state index contributed by atoms with van der Waals surface area (Å²) in [6.07, 6.45) is 3.71. The molecule has 12 heavy (non-hydrogen) atoms. The van der Waals surface area contributed by atoms with E-state index in [2.05, 4.69) is 6.92 Å². The maximum atomic E-state index is 10.4. The molecule has 2 nitrogen and oxygen atoms in total. The second kappa shape index (κ2) is 12.2. The Kier molecular flexibility index (Phi) is 19.3. The van der Waals surface area contributed by atoms with Crippen molar-refractivity contribution in [1.29, 1.82) is 0 Å². The summed E-state index contributed by atoms with van der Waals surface area (Å²) in [5.41, 5.74) is 0. The Morgan fingerprint density at radius 3 is 2.08 bits per heavy atom. The average Bonchev–Trinajstić information content (AvgIpc) is 1.89. The SMILES string of the molecule is CCCCC(CC)C(=O)O.[BiH3].[BiH3]. The third kappa shape index (κ3) is 9.33. The van der Waals surface area contributed by atoms with Crippen molar-refractivity contribution < 1.29 is 9.90 Å². The number of unbranched alkanes of at least 4 members (excludes halogenated alkanes) is 1. The molecule has 1 N–H and O–H groups in total. The van der Waals surface area contributed by atoms with Gasteiger partial charge in [-0.25, -0.2) is 0 Å². The van der Waals surface area contributed by atoms with Crippen molar-refractivity contribution in [3.05, 3.63) is 0 Å². The van der Waals surface area contributed by atoms with Gasteiger partial charge in [0.05, 0.1) is 5.92 Å². The third-order valence-corrected chi connectivity index (χ3v) is 1.75. The predicted octanol–water partition coefficient (Wildman–Crippen LogP) is -0.0804. The molecule has 76 valence electrons. The summed E-state index contributed by atoms with van der Waals surface area (Å²) in [6.45, 7) is 4.00. The van der Waals surface area contributed by atoms with Crippen LogP contribution in [0.3, 0.4) is 0 Å². The minimum atomic E-state index is -0.643. The van der Waals surface area contributed by atoms with Gasteiger partial charge in [-0.2, -0.15) is 0 Å². The van der Waals surface area contributed by atoms with Crippen molar-refractivity contribution in [2.24, 2.45) is 5.92 Å². The predicted molar refractivity (Wildman–Crippen MR) is 60.8 cm³/mol. The van der Waals surface area contributed by atoms with Crippen molar-refractivity contribution >= 4 is 58.4 Å². The van der Waals surface area contributed by atoms with Gasteiger partial charge >= 0.3 is 58.4 Å². The number of rotatable bonds is 5. The van der Waals surface area contributed by atoms with Gasteiger partial charge < -0.3 is 5.11 Å². The van der Waals surface area contributed by atoms with Crippen LogP contribution in [0, 0.1) is 5.92 Å². The Morgan fingerprint density at radius 1 is 1.33 bits per heavy atom. The summed E-state index contributed by atoms with van der Waals surface area (Å²) in [4.78, 5) is 10.4. The molecule has 0 aromatic carbocycles. The van der Waals surface area contributed by atoms with Crippen LogP contribution in [-0.2, 0) is 4.79 Å². The number of carboxylic acid groups (broad SMARTS) is 1. The van der Waals surface area contributed by atoms with Crippen LogP contribution in [0.4, 0.5) is 0 Å². The van der Waals surface area contributed by atoms with Crippen LogP contribution in [0.2, 0.25) is 0 Å². The third-order valence-electron chi connectivity index (χ3n) is 1.75. The van der Waals surface area contributed by atoms with Crippen molar-refractivity contribution in [3.8, 4) is 0 Å². The Hall–Kier alpha value is 1.24. The minimum absolute atomic E-state index is 0. The van der Waals surface area contributed by atoms with Crippen LogP contribution >= 0.6 is 0 Å². The molecule has 4 heteroatoms. The maximum absolute atomic E-state index is 10.4.